The first kappa shape index (κ1) is 15.0. The summed E-state index contributed by atoms with van der Waals surface area (Å²) in [7, 11) is 0. The highest BCUT2D eigenvalue weighted by atomic mass is 32.1. The third-order valence-corrected chi connectivity index (χ3v) is 4.02. The van der Waals surface area contributed by atoms with Crippen LogP contribution in [0.1, 0.15) is 42.6 Å². The summed E-state index contributed by atoms with van der Waals surface area (Å²) in [6, 6.07) is 8.60. The average Bonchev–Trinajstić information content (AvgIpc) is 2.89. The second-order valence-electron chi connectivity index (χ2n) is 4.70. The SMILES string of the molecule is CCNC(CC)c1ccccc1OCc1csc(C)n1. The van der Waals surface area contributed by atoms with Gasteiger partial charge in [0.25, 0.3) is 0 Å². The minimum Gasteiger partial charge on any atom is -0.487 e. The quantitative estimate of drug-likeness (QED) is 0.834. The molecule has 0 spiro atoms. The number of hydrogen-bond donors (Lipinski definition) is 1. The topological polar surface area (TPSA) is 34.1 Å². The molecule has 0 radical (unpaired) electrons. The Balaban J connectivity index is 2.10. The van der Waals surface area contributed by atoms with E-state index in [0.717, 1.165) is 29.4 Å². The molecule has 0 bridgehead atoms. The van der Waals surface area contributed by atoms with Crippen molar-refractivity contribution in [3.63, 3.8) is 0 Å². The average molecular weight is 290 g/mol. The summed E-state index contributed by atoms with van der Waals surface area (Å²) in [5, 5.41) is 6.63. The second-order valence-corrected chi connectivity index (χ2v) is 5.77. The fourth-order valence-electron chi connectivity index (χ4n) is 2.25. The summed E-state index contributed by atoms with van der Waals surface area (Å²) in [6.45, 7) is 7.82. The molecule has 1 heterocycles. The van der Waals surface area contributed by atoms with E-state index in [0.29, 0.717) is 12.6 Å². The van der Waals surface area contributed by atoms with Crippen LogP contribution >= 0.6 is 11.3 Å². The van der Waals surface area contributed by atoms with Crippen molar-refractivity contribution in [1.29, 1.82) is 0 Å². The van der Waals surface area contributed by atoms with Crippen LogP contribution in [0.5, 0.6) is 5.75 Å². The highest BCUT2D eigenvalue weighted by Crippen LogP contribution is 2.27. The summed E-state index contributed by atoms with van der Waals surface area (Å²) >= 11 is 1.66. The van der Waals surface area contributed by atoms with E-state index in [1.54, 1.807) is 11.3 Å². The van der Waals surface area contributed by atoms with Crippen molar-refractivity contribution in [2.75, 3.05) is 6.54 Å². The van der Waals surface area contributed by atoms with E-state index in [4.69, 9.17) is 4.74 Å². The van der Waals surface area contributed by atoms with Crippen LogP contribution < -0.4 is 10.1 Å². The van der Waals surface area contributed by atoms with E-state index in [-0.39, 0.29) is 0 Å². The van der Waals surface area contributed by atoms with Crippen LogP contribution in [0.3, 0.4) is 0 Å². The minimum atomic E-state index is 0.341. The van der Waals surface area contributed by atoms with E-state index in [9.17, 15) is 0 Å². The molecule has 0 aliphatic heterocycles. The lowest BCUT2D eigenvalue weighted by Crippen LogP contribution is -2.20. The van der Waals surface area contributed by atoms with Gasteiger partial charge >= 0.3 is 0 Å². The maximum Gasteiger partial charge on any atom is 0.131 e. The van der Waals surface area contributed by atoms with Crippen LogP contribution in [0.25, 0.3) is 0 Å². The lowest BCUT2D eigenvalue weighted by Gasteiger charge is -2.19. The summed E-state index contributed by atoms with van der Waals surface area (Å²) in [5.41, 5.74) is 2.22. The maximum atomic E-state index is 5.97. The third-order valence-electron chi connectivity index (χ3n) is 3.20. The lowest BCUT2D eigenvalue weighted by molar-refractivity contribution is 0.294. The normalized spacial score (nSPS) is 12.3. The van der Waals surface area contributed by atoms with E-state index in [2.05, 4.69) is 41.7 Å². The van der Waals surface area contributed by atoms with Gasteiger partial charge < -0.3 is 10.1 Å². The molecule has 0 saturated heterocycles. The molecule has 3 nitrogen and oxygen atoms in total. The van der Waals surface area contributed by atoms with Gasteiger partial charge in [-0.2, -0.15) is 0 Å². The number of aryl methyl sites for hydroxylation is 1. The van der Waals surface area contributed by atoms with Crippen LogP contribution in [0.15, 0.2) is 29.6 Å². The number of nitrogens with zero attached hydrogens (tertiary/aromatic N) is 1. The van der Waals surface area contributed by atoms with E-state index in [1.165, 1.54) is 5.56 Å². The summed E-state index contributed by atoms with van der Waals surface area (Å²) in [4.78, 5) is 4.43. The molecule has 2 aromatic rings. The molecular formula is C16H22N2OS. The van der Waals surface area contributed by atoms with Gasteiger partial charge in [0.2, 0.25) is 0 Å². The molecule has 1 aromatic carbocycles. The number of ether oxygens (including phenoxy) is 1. The first-order valence-corrected chi connectivity index (χ1v) is 7.98. The van der Waals surface area contributed by atoms with Crippen molar-refractivity contribution in [2.45, 2.75) is 39.8 Å². The Labute approximate surface area is 125 Å². The van der Waals surface area contributed by atoms with Gasteiger partial charge in [-0.3, -0.25) is 0 Å². The van der Waals surface area contributed by atoms with Gasteiger partial charge in [-0.15, -0.1) is 11.3 Å². The Bertz CT molecular complexity index is 539. The van der Waals surface area contributed by atoms with Gasteiger partial charge in [-0.1, -0.05) is 32.0 Å². The number of benzene rings is 1. The van der Waals surface area contributed by atoms with Crippen LogP contribution in [-0.4, -0.2) is 11.5 Å². The smallest absolute Gasteiger partial charge is 0.131 e. The van der Waals surface area contributed by atoms with Crippen LogP contribution in [0, 0.1) is 6.92 Å². The molecule has 1 aromatic heterocycles. The van der Waals surface area contributed by atoms with Crippen LogP contribution in [0.4, 0.5) is 0 Å². The Morgan fingerprint density at radius 1 is 1.30 bits per heavy atom. The van der Waals surface area contributed by atoms with Crippen molar-refractivity contribution < 1.29 is 4.74 Å². The predicted octanol–water partition coefficient (Wildman–Crippen LogP) is 4.09. The number of rotatable bonds is 7. The van der Waals surface area contributed by atoms with Gasteiger partial charge in [0.15, 0.2) is 0 Å². The molecule has 0 aliphatic rings. The van der Waals surface area contributed by atoms with Gasteiger partial charge in [-0.25, -0.2) is 4.98 Å². The summed E-state index contributed by atoms with van der Waals surface area (Å²) in [5.74, 6) is 0.950. The summed E-state index contributed by atoms with van der Waals surface area (Å²) < 4.78 is 5.97. The Hall–Kier alpha value is -1.39. The number of para-hydroxylation sites is 1. The van der Waals surface area contributed by atoms with Gasteiger partial charge in [0.05, 0.1) is 10.7 Å². The maximum absolute atomic E-state index is 5.97. The molecule has 20 heavy (non-hydrogen) atoms. The lowest BCUT2D eigenvalue weighted by atomic mass is 10.0. The van der Waals surface area contributed by atoms with Crippen molar-refractivity contribution in [1.82, 2.24) is 10.3 Å². The number of nitrogens with one attached hydrogen (secondary N) is 1. The molecule has 2 rings (SSSR count). The monoisotopic (exact) mass is 290 g/mol. The molecule has 0 fully saturated rings. The molecule has 1 N–H and O–H groups in total. The molecule has 0 amide bonds. The molecule has 108 valence electrons. The first-order chi connectivity index (χ1) is 9.74. The van der Waals surface area contributed by atoms with Crippen molar-refractivity contribution in [3.8, 4) is 5.75 Å². The highest BCUT2D eigenvalue weighted by Gasteiger charge is 2.13. The predicted molar refractivity (Wildman–Crippen MR) is 84.3 cm³/mol. The standard InChI is InChI=1S/C16H22N2OS/c1-4-15(17-5-2)14-8-6-7-9-16(14)19-10-13-11-20-12(3)18-13/h6-9,11,15,17H,4-5,10H2,1-3H3. The molecule has 1 unspecified atom stereocenters. The molecular weight excluding hydrogens is 268 g/mol. The zero-order valence-electron chi connectivity index (χ0n) is 12.3. The fraction of sp³-hybridized carbons (Fsp3) is 0.438. The Morgan fingerprint density at radius 3 is 2.75 bits per heavy atom. The zero-order valence-corrected chi connectivity index (χ0v) is 13.2. The Kier molecular flexibility index (Phi) is 5.56. The van der Waals surface area contributed by atoms with Crippen LogP contribution in [-0.2, 0) is 6.61 Å². The van der Waals surface area contributed by atoms with Crippen LogP contribution in [0.2, 0.25) is 0 Å². The number of hydrogen-bond acceptors (Lipinski definition) is 4. The summed E-state index contributed by atoms with van der Waals surface area (Å²) in [6.07, 6.45) is 1.05. The zero-order chi connectivity index (χ0) is 14.4. The van der Waals surface area contributed by atoms with Crippen molar-refractivity contribution >= 4 is 11.3 Å². The van der Waals surface area contributed by atoms with E-state index < -0.39 is 0 Å². The fourth-order valence-corrected chi connectivity index (χ4v) is 2.84. The number of thiazole rings is 1. The third kappa shape index (κ3) is 3.81. The second kappa shape index (κ2) is 7.41. The molecule has 4 heteroatoms. The van der Waals surface area contributed by atoms with E-state index in [1.807, 2.05) is 19.1 Å². The van der Waals surface area contributed by atoms with Gasteiger partial charge in [0, 0.05) is 17.0 Å². The highest BCUT2D eigenvalue weighted by molar-refractivity contribution is 7.09. The first-order valence-electron chi connectivity index (χ1n) is 7.10. The molecule has 0 aliphatic carbocycles. The minimum absolute atomic E-state index is 0.341. The number of aromatic nitrogens is 1. The van der Waals surface area contributed by atoms with Crippen molar-refractivity contribution in [3.05, 3.63) is 45.9 Å². The van der Waals surface area contributed by atoms with Crippen molar-refractivity contribution in [2.24, 2.45) is 0 Å². The molecule has 1 atom stereocenters. The van der Waals surface area contributed by atoms with Gasteiger partial charge in [0.1, 0.15) is 12.4 Å². The Morgan fingerprint density at radius 2 is 2.10 bits per heavy atom. The largest absolute Gasteiger partial charge is 0.487 e. The molecule has 0 saturated carbocycles. The van der Waals surface area contributed by atoms with E-state index >= 15 is 0 Å². The van der Waals surface area contributed by atoms with Gasteiger partial charge in [-0.05, 0) is 26.0 Å².